The Kier molecular flexibility index (Phi) is 6.01. The molecule has 0 spiro atoms. The summed E-state index contributed by atoms with van der Waals surface area (Å²) in [5, 5.41) is 10.1. The van der Waals surface area contributed by atoms with Gasteiger partial charge in [0.15, 0.2) is 5.83 Å². The van der Waals surface area contributed by atoms with Crippen LogP contribution in [-0.2, 0) is 4.79 Å². The van der Waals surface area contributed by atoms with Crippen LogP contribution in [0.2, 0.25) is 0 Å². The quantitative estimate of drug-likeness (QED) is 0.561. The summed E-state index contributed by atoms with van der Waals surface area (Å²) in [6, 6.07) is 5.57. The predicted molar refractivity (Wildman–Crippen MR) is 103 cm³/mol. The number of carboxylic acids is 1. The highest BCUT2D eigenvalue weighted by atomic mass is 32.2. The number of aliphatic carboxylic acids is 1. The number of allylic oxidation sites excluding steroid dienone is 2. The Balaban J connectivity index is 1.74. The van der Waals surface area contributed by atoms with E-state index in [2.05, 4.69) is 18.8 Å². The maximum Gasteiger partial charge on any atom is 0.303 e. The molecule has 2 unspecified atom stereocenters. The second-order valence-electron chi connectivity index (χ2n) is 7.34. The Bertz CT molecular complexity index is 781. The lowest BCUT2D eigenvalue weighted by atomic mass is 9.96. The maximum absolute atomic E-state index is 15.4. The number of halogens is 2. The van der Waals surface area contributed by atoms with Gasteiger partial charge in [0.1, 0.15) is 0 Å². The van der Waals surface area contributed by atoms with Crippen LogP contribution in [0, 0.1) is 5.92 Å². The van der Waals surface area contributed by atoms with E-state index in [-0.39, 0.29) is 25.3 Å². The van der Waals surface area contributed by atoms with Crippen molar-refractivity contribution in [2.75, 3.05) is 13.1 Å². The van der Waals surface area contributed by atoms with E-state index in [0.717, 1.165) is 5.03 Å². The van der Waals surface area contributed by atoms with E-state index < -0.39 is 17.6 Å². The topological polar surface area (TPSA) is 53.4 Å². The van der Waals surface area contributed by atoms with Crippen LogP contribution in [0.4, 0.5) is 8.78 Å². The van der Waals surface area contributed by atoms with Crippen LogP contribution in [0.3, 0.4) is 0 Å². The van der Waals surface area contributed by atoms with Crippen LogP contribution in [-0.4, -0.2) is 45.1 Å². The summed E-state index contributed by atoms with van der Waals surface area (Å²) in [6.45, 7) is 4.76. The Morgan fingerprint density at radius 1 is 1.48 bits per heavy atom. The van der Waals surface area contributed by atoms with Crippen molar-refractivity contribution in [2.45, 2.75) is 49.2 Å². The van der Waals surface area contributed by atoms with Gasteiger partial charge in [-0.25, -0.2) is 13.8 Å². The summed E-state index contributed by atoms with van der Waals surface area (Å²) >= 11 is 1.62. The fourth-order valence-corrected chi connectivity index (χ4v) is 4.35. The number of rotatable bonds is 6. The number of nitrogens with zero attached hydrogens (tertiary/aromatic N) is 2. The van der Waals surface area contributed by atoms with Gasteiger partial charge in [0, 0.05) is 31.2 Å². The minimum absolute atomic E-state index is 0.0107. The van der Waals surface area contributed by atoms with Gasteiger partial charge in [-0.05, 0) is 36.1 Å². The summed E-state index contributed by atoms with van der Waals surface area (Å²) in [4.78, 5) is 16.8. The number of hydrogen-bond donors (Lipinski definition) is 1. The molecule has 1 fully saturated rings. The average molecular weight is 394 g/mol. The first-order valence-electron chi connectivity index (χ1n) is 9.15. The molecule has 27 heavy (non-hydrogen) atoms. The van der Waals surface area contributed by atoms with Crippen molar-refractivity contribution in [3.63, 3.8) is 0 Å². The fourth-order valence-electron chi connectivity index (χ4n) is 3.56. The van der Waals surface area contributed by atoms with Crippen LogP contribution in [0.5, 0.6) is 0 Å². The van der Waals surface area contributed by atoms with Crippen molar-refractivity contribution < 1.29 is 18.7 Å². The molecule has 0 saturated carbocycles. The lowest BCUT2D eigenvalue weighted by Crippen LogP contribution is -2.45. The van der Waals surface area contributed by atoms with E-state index in [1.54, 1.807) is 23.9 Å². The Labute approximate surface area is 162 Å². The van der Waals surface area contributed by atoms with Crippen LogP contribution >= 0.6 is 11.8 Å². The van der Waals surface area contributed by atoms with Gasteiger partial charge in [0.2, 0.25) is 5.79 Å². The van der Waals surface area contributed by atoms with Gasteiger partial charge in [0.05, 0.1) is 10.7 Å². The lowest BCUT2D eigenvalue weighted by Gasteiger charge is -2.35. The number of pyridine rings is 1. The summed E-state index contributed by atoms with van der Waals surface area (Å²) < 4.78 is 30.2. The van der Waals surface area contributed by atoms with Gasteiger partial charge in [-0.2, -0.15) is 0 Å². The lowest BCUT2D eigenvalue weighted by molar-refractivity contribution is -0.138. The first-order valence-corrected chi connectivity index (χ1v) is 10.0. The van der Waals surface area contributed by atoms with Crippen LogP contribution in [0.15, 0.2) is 41.2 Å². The highest BCUT2D eigenvalue weighted by Crippen LogP contribution is 2.41. The molecule has 1 aliphatic carbocycles. The third kappa shape index (κ3) is 4.58. The van der Waals surface area contributed by atoms with Gasteiger partial charge in [-0.1, -0.05) is 26.0 Å². The number of carboxylic acid groups (broad SMARTS) is 1. The molecule has 3 rings (SSSR count). The summed E-state index contributed by atoms with van der Waals surface area (Å²) in [5.74, 6) is -4.07. The molecule has 1 saturated heterocycles. The third-order valence-corrected chi connectivity index (χ3v) is 5.81. The zero-order chi connectivity index (χ0) is 19.6. The molecule has 0 amide bonds. The minimum Gasteiger partial charge on any atom is -0.481 e. The molecule has 1 aliphatic heterocycles. The molecule has 0 bridgehead atoms. The number of alkyl halides is 1. The standard InChI is InChI=1S/C20H24F2N2O2S/c1-13(2)27-18-5-3-4-16(23-18)15-6-8-20(22,17(21)11-15)24-9-7-14(12-24)10-19(25)26/h3-6,11,13-14H,7-10,12H2,1-2H3,(H,25,26). The van der Waals surface area contributed by atoms with E-state index in [0.29, 0.717) is 29.5 Å². The van der Waals surface area contributed by atoms with Gasteiger partial charge < -0.3 is 5.11 Å². The zero-order valence-electron chi connectivity index (χ0n) is 15.5. The smallest absolute Gasteiger partial charge is 0.303 e. The number of thioether (sulfide) groups is 1. The molecule has 2 aliphatic rings. The van der Waals surface area contributed by atoms with Crippen molar-refractivity contribution in [1.82, 2.24) is 9.88 Å². The molecular weight excluding hydrogens is 370 g/mol. The third-order valence-electron chi connectivity index (χ3n) is 4.87. The molecule has 1 aromatic rings. The highest BCUT2D eigenvalue weighted by molar-refractivity contribution is 7.99. The number of hydrogen-bond acceptors (Lipinski definition) is 4. The largest absolute Gasteiger partial charge is 0.481 e. The summed E-state index contributed by atoms with van der Waals surface area (Å²) in [7, 11) is 0. The van der Waals surface area contributed by atoms with E-state index in [1.165, 1.54) is 11.0 Å². The highest BCUT2D eigenvalue weighted by Gasteiger charge is 2.46. The molecule has 7 heteroatoms. The molecule has 4 nitrogen and oxygen atoms in total. The van der Waals surface area contributed by atoms with Crippen LogP contribution in [0.25, 0.3) is 5.57 Å². The zero-order valence-corrected chi connectivity index (χ0v) is 16.3. The van der Waals surface area contributed by atoms with E-state index in [4.69, 9.17) is 5.11 Å². The molecule has 0 aromatic carbocycles. The van der Waals surface area contributed by atoms with Gasteiger partial charge in [-0.3, -0.25) is 9.69 Å². The van der Waals surface area contributed by atoms with Crippen molar-refractivity contribution in [3.05, 3.63) is 41.9 Å². The second-order valence-corrected chi connectivity index (χ2v) is 8.94. The Hall–Kier alpha value is -1.73. The minimum atomic E-state index is -2.19. The average Bonchev–Trinajstić information content (AvgIpc) is 3.05. The SMILES string of the molecule is CC(C)Sc1cccc(C2=CCC(F)(N3CCC(CC(=O)O)C3)C(F)=C2)n1. The number of likely N-dealkylation sites (tertiary alicyclic amines) is 1. The first kappa shape index (κ1) is 20.0. The maximum atomic E-state index is 15.4. The first-order chi connectivity index (χ1) is 12.8. The van der Waals surface area contributed by atoms with Crippen molar-refractivity contribution >= 4 is 23.3 Å². The molecule has 0 radical (unpaired) electrons. The molecule has 1 aromatic heterocycles. The fraction of sp³-hybridized carbons (Fsp3) is 0.500. The van der Waals surface area contributed by atoms with Crippen LogP contribution < -0.4 is 0 Å². The molecule has 2 heterocycles. The second kappa shape index (κ2) is 8.10. The van der Waals surface area contributed by atoms with E-state index >= 15 is 4.39 Å². The van der Waals surface area contributed by atoms with Gasteiger partial charge in [-0.15, -0.1) is 11.8 Å². The van der Waals surface area contributed by atoms with Crippen molar-refractivity contribution in [2.24, 2.45) is 5.92 Å². The molecule has 1 N–H and O–H groups in total. The van der Waals surface area contributed by atoms with E-state index in [9.17, 15) is 9.18 Å². The summed E-state index contributed by atoms with van der Waals surface area (Å²) in [5.41, 5.74) is 1.20. The monoisotopic (exact) mass is 394 g/mol. The molecule has 2 atom stereocenters. The molecular formula is C20H24F2N2O2S. The normalized spacial score (nSPS) is 26.2. The van der Waals surface area contributed by atoms with Crippen LogP contribution in [0.1, 0.15) is 38.8 Å². The molecule has 146 valence electrons. The van der Waals surface area contributed by atoms with Crippen molar-refractivity contribution in [1.29, 1.82) is 0 Å². The summed E-state index contributed by atoms with van der Waals surface area (Å²) in [6.07, 6.45) is 3.36. The van der Waals surface area contributed by atoms with Crippen molar-refractivity contribution in [3.8, 4) is 0 Å². The van der Waals surface area contributed by atoms with Gasteiger partial charge >= 0.3 is 5.97 Å². The Morgan fingerprint density at radius 3 is 2.93 bits per heavy atom. The van der Waals surface area contributed by atoms with Gasteiger partial charge in [0.25, 0.3) is 0 Å². The Morgan fingerprint density at radius 2 is 2.26 bits per heavy atom. The number of carbonyl (C=O) groups is 1. The number of aromatic nitrogens is 1. The van der Waals surface area contributed by atoms with E-state index in [1.807, 2.05) is 12.1 Å². The predicted octanol–water partition coefficient (Wildman–Crippen LogP) is 4.69.